The van der Waals surface area contributed by atoms with Crippen LogP contribution in [0.3, 0.4) is 0 Å². The van der Waals surface area contributed by atoms with E-state index in [0.717, 1.165) is 16.7 Å². The number of nitrogens with one attached hydrogen (secondary N) is 1. The van der Waals surface area contributed by atoms with Gasteiger partial charge in [0.15, 0.2) is 0 Å². The van der Waals surface area contributed by atoms with Gasteiger partial charge in [0.2, 0.25) is 5.96 Å². The first kappa shape index (κ1) is 13.8. The van der Waals surface area contributed by atoms with Crippen LogP contribution in [0.25, 0.3) is 11.0 Å². The number of carbonyl (C=O) groups excluding carboxylic acids is 1. The van der Waals surface area contributed by atoms with Crippen molar-refractivity contribution in [1.29, 1.82) is 0 Å². The molecule has 0 unspecified atom stereocenters. The molecule has 0 aliphatic carbocycles. The molecule has 0 fully saturated rings. The van der Waals surface area contributed by atoms with Crippen molar-refractivity contribution in [2.24, 2.45) is 10.7 Å². The molecule has 2 heterocycles. The van der Waals surface area contributed by atoms with Crippen molar-refractivity contribution in [2.45, 2.75) is 6.92 Å². The number of aryl methyl sites for hydroxylation is 1. The summed E-state index contributed by atoms with van der Waals surface area (Å²) in [5, 5.41) is 3.47. The molecule has 0 bridgehead atoms. The Balaban J connectivity index is 1.79. The number of nitrogens with zero attached hydrogens (tertiary/aromatic N) is 2. The van der Waals surface area contributed by atoms with Gasteiger partial charge in [-0.2, -0.15) is 0 Å². The maximum atomic E-state index is 11.9. The zero-order valence-electron chi connectivity index (χ0n) is 11.9. The number of pyridine rings is 1. The standard InChI is InChI=1S/C16H14N4O2/c1-10-8-12-9-13(2-3-14(12)22-10)19-16(17)20-15(21)11-4-6-18-7-5-11/h2-9H,1H3,(H3,17,19,20,21). The van der Waals surface area contributed by atoms with Gasteiger partial charge in [0.1, 0.15) is 11.3 Å². The number of nitrogens with two attached hydrogens (primary N) is 1. The van der Waals surface area contributed by atoms with Crippen LogP contribution >= 0.6 is 0 Å². The molecule has 2 aromatic heterocycles. The van der Waals surface area contributed by atoms with Crippen LogP contribution in [-0.4, -0.2) is 16.9 Å². The third-order valence-electron chi connectivity index (χ3n) is 3.06. The number of fused-ring (bicyclic) bond motifs is 1. The molecule has 3 aromatic rings. The number of furan rings is 1. The summed E-state index contributed by atoms with van der Waals surface area (Å²) < 4.78 is 5.49. The van der Waals surface area contributed by atoms with E-state index in [4.69, 9.17) is 10.2 Å². The highest BCUT2D eigenvalue weighted by Gasteiger charge is 2.06. The SMILES string of the molecule is Cc1cc2cc(N=C(N)NC(=O)c3ccncc3)ccc2o1. The molecule has 1 aromatic carbocycles. The zero-order chi connectivity index (χ0) is 15.5. The molecule has 0 radical (unpaired) electrons. The number of hydrogen-bond donors (Lipinski definition) is 2. The van der Waals surface area contributed by atoms with Gasteiger partial charge in [-0.25, -0.2) is 4.99 Å². The van der Waals surface area contributed by atoms with Gasteiger partial charge in [-0.05, 0) is 43.3 Å². The second-order valence-corrected chi connectivity index (χ2v) is 4.77. The Hall–Kier alpha value is -3.15. The molecule has 22 heavy (non-hydrogen) atoms. The lowest BCUT2D eigenvalue weighted by Gasteiger charge is -2.04. The lowest BCUT2D eigenvalue weighted by Crippen LogP contribution is -2.36. The number of rotatable bonds is 2. The Bertz CT molecular complexity index is 853. The molecule has 110 valence electrons. The van der Waals surface area contributed by atoms with Crippen molar-refractivity contribution in [3.05, 3.63) is 60.1 Å². The van der Waals surface area contributed by atoms with Crippen molar-refractivity contribution in [1.82, 2.24) is 10.3 Å². The Labute approximate surface area is 126 Å². The first-order valence-electron chi connectivity index (χ1n) is 6.67. The number of guanidine groups is 1. The van der Waals surface area contributed by atoms with Crippen LogP contribution in [0, 0.1) is 6.92 Å². The lowest BCUT2D eigenvalue weighted by molar-refractivity contribution is 0.0976. The summed E-state index contributed by atoms with van der Waals surface area (Å²) in [5.74, 6) is 0.528. The molecule has 6 nitrogen and oxygen atoms in total. The average Bonchev–Trinajstić information content (AvgIpc) is 2.87. The lowest BCUT2D eigenvalue weighted by atomic mass is 10.2. The van der Waals surface area contributed by atoms with E-state index in [9.17, 15) is 4.79 Å². The molecule has 6 heteroatoms. The first-order valence-corrected chi connectivity index (χ1v) is 6.67. The number of aromatic nitrogens is 1. The van der Waals surface area contributed by atoms with Crippen LogP contribution in [-0.2, 0) is 0 Å². The number of hydrogen-bond acceptors (Lipinski definition) is 4. The maximum absolute atomic E-state index is 11.9. The van der Waals surface area contributed by atoms with E-state index in [-0.39, 0.29) is 11.9 Å². The fourth-order valence-corrected chi connectivity index (χ4v) is 2.09. The van der Waals surface area contributed by atoms with Gasteiger partial charge in [-0.1, -0.05) is 0 Å². The zero-order valence-corrected chi connectivity index (χ0v) is 11.9. The van der Waals surface area contributed by atoms with Crippen LogP contribution in [0.2, 0.25) is 0 Å². The monoisotopic (exact) mass is 294 g/mol. The predicted molar refractivity (Wildman–Crippen MR) is 83.9 cm³/mol. The highest BCUT2D eigenvalue weighted by atomic mass is 16.3. The molecule has 0 saturated carbocycles. The smallest absolute Gasteiger partial charge is 0.258 e. The minimum absolute atomic E-state index is 0.0291. The molecule has 0 saturated heterocycles. The third kappa shape index (κ3) is 2.95. The van der Waals surface area contributed by atoms with Crippen molar-refractivity contribution < 1.29 is 9.21 Å². The largest absolute Gasteiger partial charge is 0.461 e. The number of benzene rings is 1. The molecule has 1 amide bonds. The van der Waals surface area contributed by atoms with E-state index in [1.807, 2.05) is 25.1 Å². The summed E-state index contributed by atoms with van der Waals surface area (Å²) in [6, 6.07) is 10.6. The Morgan fingerprint density at radius 1 is 1.23 bits per heavy atom. The first-order chi connectivity index (χ1) is 10.6. The molecule has 3 rings (SSSR count). The fourth-order valence-electron chi connectivity index (χ4n) is 2.09. The summed E-state index contributed by atoms with van der Waals surface area (Å²) in [5.41, 5.74) is 7.67. The Kier molecular flexibility index (Phi) is 3.57. The van der Waals surface area contributed by atoms with Crippen molar-refractivity contribution >= 4 is 28.5 Å². The molecular formula is C16H14N4O2. The van der Waals surface area contributed by atoms with Gasteiger partial charge >= 0.3 is 0 Å². The molecule has 0 aliphatic heterocycles. The quantitative estimate of drug-likeness (QED) is 0.561. The van der Waals surface area contributed by atoms with Gasteiger partial charge in [0.25, 0.3) is 5.91 Å². The van der Waals surface area contributed by atoms with Gasteiger partial charge in [-0.15, -0.1) is 0 Å². The summed E-state index contributed by atoms with van der Waals surface area (Å²) in [7, 11) is 0. The average molecular weight is 294 g/mol. The second-order valence-electron chi connectivity index (χ2n) is 4.77. The van der Waals surface area contributed by atoms with E-state index in [2.05, 4.69) is 15.3 Å². The van der Waals surface area contributed by atoms with Gasteiger partial charge in [-0.3, -0.25) is 15.1 Å². The molecule has 0 aliphatic rings. The van der Waals surface area contributed by atoms with E-state index < -0.39 is 0 Å². The van der Waals surface area contributed by atoms with Crippen LogP contribution in [0.1, 0.15) is 16.1 Å². The highest BCUT2D eigenvalue weighted by Crippen LogP contribution is 2.24. The minimum Gasteiger partial charge on any atom is -0.461 e. The van der Waals surface area contributed by atoms with E-state index in [1.54, 1.807) is 18.2 Å². The second kappa shape index (κ2) is 5.69. The summed E-state index contributed by atoms with van der Waals surface area (Å²) >= 11 is 0. The maximum Gasteiger partial charge on any atom is 0.258 e. The normalized spacial score (nSPS) is 11.6. The molecule has 0 spiro atoms. The van der Waals surface area contributed by atoms with E-state index in [0.29, 0.717) is 11.3 Å². The summed E-state index contributed by atoms with van der Waals surface area (Å²) in [4.78, 5) is 20.0. The van der Waals surface area contributed by atoms with Crippen LogP contribution < -0.4 is 11.1 Å². The Morgan fingerprint density at radius 2 is 2.00 bits per heavy atom. The minimum atomic E-state index is -0.330. The van der Waals surface area contributed by atoms with Crippen LogP contribution in [0.5, 0.6) is 0 Å². The van der Waals surface area contributed by atoms with E-state index >= 15 is 0 Å². The van der Waals surface area contributed by atoms with E-state index in [1.165, 1.54) is 12.4 Å². The topological polar surface area (TPSA) is 93.5 Å². The van der Waals surface area contributed by atoms with Gasteiger partial charge in [0.05, 0.1) is 5.69 Å². The Morgan fingerprint density at radius 3 is 2.77 bits per heavy atom. The number of carbonyl (C=O) groups is 1. The predicted octanol–water partition coefficient (Wildman–Crippen LogP) is 2.51. The van der Waals surface area contributed by atoms with Crippen molar-refractivity contribution in [2.75, 3.05) is 0 Å². The third-order valence-corrected chi connectivity index (χ3v) is 3.06. The van der Waals surface area contributed by atoms with Crippen LogP contribution in [0.15, 0.2) is 58.2 Å². The fraction of sp³-hybridized carbons (Fsp3) is 0.0625. The summed E-state index contributed by atoms with van der Waals surface area (Å²) in [6.45, 7) is 1.88. The highest BCUT2D eigenvalue weighted by molar-refractivity contribution is 6.05. The van der Waals surface area contributed by atoms with Gasteiger partial charge < -0.3 is 10.2 Å². The molecule has 0 atom stereocenters. The summed E-state index contributed by atoms with van der Waals surface area (Å²) in [6.07, 6.45) is 3.08. The number of amides is 1. The van der Waals surface area contributed by atoms with Crippen molar-refractivity contribution in [3.8, 4) is 0 Å². The van der Waals surface area contributed by atoms with Crippen molar-refractivity contribution in [3.63, 3.8) is 0 Å². The molecule has 3 N–H and O–H groups in total. The molecular weight excluding hydrogens is 280 g/mol. The van der Waals surface area contributed by atoms with Crippen LogP contribution in [0.4, 0.5) is 5.69 Å². The number of aliphatic imine (C=N–C) groups is 1. The van der Waals surface area contributed by atoms with Gasteiger partial charge in [0, 0.05) is 23.3 Å².